The van der Waals surface area contributed by atoms with Crippen molar-refractivity contribution in [1.82, 2.24) is 5.32 Å². The lowest BCUT2D eigenvalue weighted by Gasteiger charge is -2.14. The fraction of sp³-hybridized carbons (Fsp3) is 0.200. The van der Waals surface area contributed by atoms with Gasteiger partial charge in [-0.05, 0) is 66.2 Å². The van der Waals surface area contributed by atoms with Gasteiger partial charge in [-0.1, -0.05) is 0 Å². The molecule has 0 atom stereocenters. The predicted molar refractivity (Wildman–Crippen MR) is 120 cm³/mol. The number of benzene rings is 3. The molecule has 3 rings (SSSR count). The fourth-order valence-corrected chi connectivity index (χ4v) is 3.11. The van der Waals surface area contributed by atoms with Gasteiger partial charge in [0.2, 0.25) is 5.75 Å². The third-order valence-electron chi connectivity index (χ3n) is 4.81. The van der Waals surface area contributed by atoms with Crippen LogP contribution in [0.3, 0.4) is 0 Å². The van der Waals surface area contributed by atoms with Crippen LogP contribution in [0.15, 0.2) is 60.7 Å². The van der Waals surface area contributed by atoms with Crippen LogP contribution in [0, 0.1) is 5.82 Å². The molecule has 3 aromatic rings. The lowest BCUT2D eigenvalue weighted by molar-refractivity contribution is -0.123. The summed E-state index contributed by atoms with van der Waals surface area (Å²) in [4.78, 5) is 24.6. The molecule has 0 aromatic heterocycles. The van der Waals surface area contributed by atoms with Crippen molar-refractivity contribution >= 4 is 11.7 Å². The molecule has 1 amide bonds. The van der Waals surface area contributed by atoms with Crippen molar-refractivity contribution in [2.75, 3.05) is 27.9 Å². The Balaban J connectivity index is 1.54. The van der Waals surface area contributed by atoms with Gasteiger partial charge in [-0.2, -0.15) is 0 Å². The Kier molecular flexibility index (Phi) is 7.86. The zero-order valence-electron chi connectivity index (χ0n) is 18.5. The quantitative estimate of drug-likeness (QED) is 0.471. The van der Waals surface area contributed by atoms with Gasteiger partial charge in [0.25, 0.3) is 5.91 Å². The molecule has 0 bridgehead atoms. The molecular formula is C25H24FNO6. The minimum atomic E-state index is -0.404. The lowest BCUT2D eigenvalue weighted by atomic mass is 10.0. The molecule has 7 nitrogen and oxygen atoms in total. The van der Waals surface area contributed by atoms with Gasteiger partial charge in [-0.3, -0.25) is 9.59 Å². The van der Waals surface area contributed by atoms with Crippen molar-refractivity contribution < 1.29 is 32.9 Å². The SMILES string of the molecule is COc1cc(CNC(=O)COc2ccc(C(=O)c3ccc(F)cc3)cc2)cc(OC)c1OC. The van der Waals surface area contributed by atoms with Crippen LogP contribution < -0.4 is 24.3 Å². The van der Waals surface area contributed by atoms with Crippen molar-refractivity contribution in [3.05, 3.63) is 83.2 Å². The molecular weight excluding hydrogens is 429 g/mol. The van der Waals surface area contributed by atoms with E-state index in [0.29, 0.717) is 34.1 Å². The van der Waals surface area contributed by atoms with E-state index in [1.54, 1.807) is 36.4 Å². The second kappa shape index (κ2) is 11.0. The number of nitrogens with one attached hydrogen (secondary N) is 1. The van der Waals surface area contributed by atoms with E-state index in [2.05, 4.69) is 5.32 Å². The third-order valence-corrected chi connectivity index (χ3v) is 4.81. The summed E-state index contributed by atoms with van der Waals surface area (Å²) in [6.07, 6.45) is 0. The molecule has 3 aromatic carbocycles. The maximum Gasteiger partial charge on any atom is 0.258 e. The molecule has 33 heavy (non-hydrogen) atoms. The first kappa shape index (κ1) is 23.6. The Bertz CT molecular complexity index is 1090. The maximum atomic E-state index is 13.0. The minimum absolute atomic E-state index is 0.199. The van der Waals surface area contributed by atoms with Crippen LogP contribution in [0.1, 0.15) is 21.5 Å². The molecule has 0 radical (unpaired) electrons. The predicted octanol–water partition coefficient (Wildman–Crippen LogP) is 3.78. The van der Waals surface area contributed by atoms with E-state index < -0.39 is 5.82 Å². The molecule has 172 valence electrons. The van der Waals surface area contributed by atoms with Crippen molar-refractivity contribution in [1.29, 1.82) is 0 Å². The zero-order chi connectivity index (χ0) is 23.8. The van der Waals surface area contributed by atoms with Gasteiger partial charge in [-0.15, -0.1) is 0 Å². The summed E-state index contributed by atoms with van der Waals surface area (Å²) in [6.45, 7) is 0.0414. The van der Waals surface area contributed by atoms with Gasteiger partial charge in [0.1, 0.15) is 11.6 Å². The van der Waals surface area contributed by atoms with Gasteiger partial charge in [0.15, 0.2) is 23.9 Å². The Morgan fingerprint density at radius 1 is 0.818 bits per heavy atom. The number of ketones is 1. The molecule has 0 aliphatic rings. The Morgan fingerprint density at radius 2 is 1.36 bits per heavy atom. The smallest absolute Gasteiger partial charge is 0.258 e. The highest BCUT2D eigenvalue weighted by atomic mass is 19.1. The Labute approximate surface area is 191 Å². The Hall–Kier alpha value is -4.07. The van der Waals surface area contributed by atoms with E-state index in [9.17, 15) is 14.0 Å². The molecule has 1 N–H and O–H groups in total. The third kappa shape index (κ3) is 6.00. The highest BCUT2D eigenvalue weighted by Crippen LogP contribution is 2.38. The molecule has 8 heteroatoms. The minimum Gasteiger partial charge on any atom is -0.493 e. The highest BCUT2D eigenvalue weighted by molar-refractivity contribution is 6.09. The number of hydrogen-bond donors (Lipinski definition) is 1. The highest BCUT2D eigenvalue weighted by Gasteiger charge is 2.14. The lowest BCUT2D eigenvalue weighted by Crippen LogP contribution is -2.28. The number of halogens is 1. The van der Waals surface area contributed by atoms with Gasteiger partial charge in [0, 0.05) is 17.7 Å². The molecule has 0 spiro atoms. The van der Waals surface area contributed by atoms with Crippen LogP contribution in [0.25, 0.3) is 0 Å². The number of hydrogen-bond acceptors (Lipinski definition) is 6. The maximum absolute atomic E-state index is 13.0. The molecule has 0 fully saturated rings. The summed E-state index contributed by atoms with van der Waals surface area (Å²) >= 11 is 0. The van der Waals surface area contributed by atoms with Gasteiger partial charge in [0.05, 0.1) is 21.3 Å². The average molecular weight is 453 g/mol. The summed E-state index contributed by atoms with van der Waals surface area (Å²) < 4.78 is 34.4. The van der Waals surface area contributed by atoms with E-state index in [0.717, 1.165) is 5.56 Å². The van der Waals surface area contributed by atoms with Crippen molar-refractivity contribution in [3.8, 4) is 23.0 Å². The van der Waals surface area contributed by atoms with Crippen LogP contribution in [-0.4, -0.2) is 39.6 Å². The molecule has 0 aliphatic carbocycles. The van der Waals surface area contributed by atoms with E-state index in [1.165, 1.54) is 45.6 Å². The van der Waals surface area contributed by atoms with Crippen LogP contribution in [0.2, 0.25) is 0 Å². The number of amides is 1. The summed E-state index contributed by atoms with van der Waals surface area (Å²) in [6, 6.07) is 15.2. The van der Waals surface area contributed by atoms with Gasteiger partial charge < -0.3 is 24.3 Å². The van der Waals surface area contributed by atoms with Crippen LogP contribution >= 0.6 is 0 Å². The summed E-state index contributed by atoms with van der Waals surface area (Å²) in [5.74, 6) is 0.937. The van der Waals surface area contributed by atoms with Gasteiger partial charge in [-0.25, -0.2) is 4.39 Å². The van der Waals surface area contributed by atoms with E-state index in [4.69, 9.17) is 18.9 Å². The van der Waals surface area contributed by atoms with Crippen molar-refractivity contribution in [2.45, 2.75) is 6.54 Å². The van der Waals surface area contributed by atoms with E-state index in [1.807, 2.05) is 0 Å². The van der Waals surface area contributed by atoms with Crippen molar-refractivity contribution in [3.63, 3.8) is 0 Å². The number of methoxy groups -OCH3 is 3. The average Bonchev–Trinajstić information content (AvgIpc) is 2.85. The van der Waals surface area contributed by atoms with Crippen LogP contribution in [0.4, 0.5) is 4.39 Å². The largest absolute Gasteiger partial charge is 0.493 e. The summed E-state index contributed by atoms with van der Waals surface area (Å²) in [7, 11) is 4.56. The second-order valence-corrected chi connectivity index (χ2v) is 6.96. The van der Waals surface area contributed by atoms with E-state index in [-0.39, 0.29) is 24.8 Å². The molecule has 0 aliphatic heterocycles. The van der Waals surface area contributed by atoms with E-state index >= 15 is 0 Å². The first-order chi connectivity index (χ1) is 15.9. The standard InChI is InChI=1S/C25H24FNO6/c1-30-21-12-16(13-22(31-2)25(21)32-3)14-27-23(28)15-33-20-10-6-18(7-11-20)24(29)17-4-8-19(26)9-5-17/h4-13H,14-15H2,1-3H3,(H,27,28). The molecule has 0 heterocycles. The fourth-order valence-electron chi connectivity index (χ4n) is 3.11. The monoisotopic (exact) mass is 453 g/mol. The molecule has 0 saturated heterocycles. The number of ether oxygens (including phenoxy) is 4. The zero-order valence-corrected chi connectivity index (χ0v) is 18.5. The number of carbonyl (C=O) groups excluding carboxylic acids is 2. The Morgan fingerprint density at radius 3 is 1.88 bits per heavy atom. The first-order valence-electron chi connectivity index (χ1n) is 10.0. The molecule has 0 unspecified atom stereocenters. The second-order valence-electron chi connectivity index (χ2n) is 6.96. The number of rotatable bonds is 10. The topological polar surface area (TPSA) is 83.1 Å². The van der Waals surface area contributed by atoms with Crippen LogP contribution in [-0.2, 0) is 11.3 Å². The number of carbonyl (C=O) groups is 2. The summed E-state index contributed by atoms with van der Waals surface area (Å²) in [5.41, 5.74) is 1.58. The van der Waals surface area contributed by atoms with Gasteiger partial charge >= 0.3 is 0 Å². The molecule has 0 saturated carbocycles. The first-order valence-corrected chi connectivity index (χ1v) is 10.0. The van der Waals surface area contributed by atoms with Crippen molar-refractivity contribution in [2.24, 2.45) is 0 Å². The normalized spacial score (nSPS) is 10.3. The van der Waals surface area contributed by atoms with Crippen LogP contribution in [0.5, 0.6) is 23.0 Å². The summed E-state index contributed by atoms with van der Waals surface area (Å²) in [5, 5.41) is 2.76.